The van der Waals surface area contributed by atoms with Gasteiger partial charge in [0.05, 0.1) is 0 Å². The van der Waals surface area contributed by atoms with E-state index in [1.807, 2.05) is 0 Å². The summed E-state index contributed by atoms with van der Waals surface area (Å²) in [5.74, 6) is 1.06. The van der Waals surface area contributed by atoms with E-state index in [4.69, 9.17) is 5.11 Å². The number of rotatable bonds is 0. The molecule has 36 valence electrons. The Bertz CT molecular complexity index is 55.8. The Hall–Kier alpha value is 0.660. The molecule has 1 saturated heterocycles. The first-order valence-corrected chi connectivity index (χ1v) is 3.23. The predicted octanol–water partition coefficient (Wildman–Crippen LogP) is 0.699. The number of aliphatic hydroxyl groups is 1. The molecule has 0 radical (unpaired) electrons. The van der Waals surface area contributed by atoms with Crippen LogP contribution in [0.5, 0.6) is 0 Å². The lowest BCUT2D eigenvalue weighted by atomic mass is 10.5. The highest BCUT2D eigenvalue weighted by Crippen LogP contribution is 2.40. The summed E-state index contributed by atoms with van der Waals surface area (Å²) in [5.41, 5.74) is 0. The lowest BCUT2D eigenvalue weighted by molar-refractivity contribution is 0.215. The smallest absolute Gasteiger partial charge is 0.155 e. The summed E-state index contributed by atoms with van der Waals surface area (Å²) in [6, 6.07) is 0. The summed E-state index contributed by atoms with van der Waals surface area (Å²) in [5, 5.41) is 8.74. The first kappa shape index (κ1) is 4.81. The van der Waals surface area contributed by atoms with Crippen molar-refractivity contribution in [3.05, 3.63) is 0 Å². The van der Waals surface area contributed by atoms with Gasteiger partial charge in [0.25, 0.3) is 0 Å². The fraction of sp³-hybridized carbons (Fsp3) is 1.00. The molecule has 1 aliphatic heterocycles. The second kappa shape index (κ2) is 1.32. The van der Waals surface area contributed by atoms with Crippen LogP contribution in [0.1, 0.15) is 6.42 Å². The molecule has 1 aliphatic rings. The minimum absolute atomic E-state index is 0.667. The summed E-state index contributed by atoms with van der Waals surface area (Å²) in [6.45, 7) is 0. The van der Waals surface area contributed by atoms with E-state index in [-0.39, 0.29) is 0 Å². The zero-order valence-electron chi connectivity index (χ0n) is 3.22. The molecule has 1 N–H and O–H groups in total. The van der Waals surface area contributed by atoms with Gasteiger partial charge in [-0.15, -0.1) is 24.4 Å². The van der Waals surface area contributed by atoms with Gasteiger partial charge in [-0.2, -0.15) is 0 Å². The van der Waals surface area contributed by atoms with Gasteiger partial charge in [-0.1, -0.05) is 0 Å². The summed E-state index contributed by atoms with van der Waals surface area (Å²) in [4.78, 5) is 0. The minimum atomic E-state index is -0.667. The quantitative estimate of drug-likeness (QED) is 0.364. The van der Waals surface area contributed by atoms with E-state index in [0.717, 1.165) is 12.2 Å². The molecule has 0 bridgehead atoms. The van der Waals surface area contributed by atoms with Crippen molar-refractivity contribution in [2.24, 2.45) is 0 Å². The molecule has 1 heterocycles. The second-order valence-electron chi connectivity index (χ2n) is 1.34. The maximum Gasteiger partial charge on any atom is 0.155 e. The third kappa shape index (κ3) is 0.832. The van der Waals surface area contributed by atoms with Crippen LogP contribution in [-0.4, -0.2) is 15.1 Å². The summed E-state index contributed by atoms with van der Waals surface area (Å²) < 4.78 is -0.667. The Kier molecular flexibility index (Phi) is 1.06. The van der Waals surface area contributed by atoms with E-state index in [1.54, 1.807) is 0 Å². The predicted molar refractivity (Wildman–Crippen MR) is 31.0 cm³/mol. The highest BCUT2D eigenvalue weighted by molar-refractivity contribution is 8.12. The molecular formula is C3H6OS2. The Morgan fingerprint density at radius 2 is 2.17 bits per heavy atom. The van der Waals surface area contributed by atoms with Gasteiger partial charge in [-0.05, 0) is 0 Å². The molecule has 1 fully saturated rings. The molecule has 0 aromatic heterocycles. The fourth-order valence-electron chi connectivity index (χ4n) is 0.285. The van der Waals surface area contributed by atoms with Gasteiger partial charge in [-0.25, -0.2) is 0 Å². The lowest BCUT2D eigenvalue weighted by Crippen LogP contribution is -2.26. The standard InChI is InChI=1S/C3H6OS2/c4-3(5)1-2-6-3/h4-5H,1-2H2. The Labute approximate surface area is 46.5 Å². The van der Waals surface area contributed by atoms with Crippen LogP contribution in [0, 0.1) is 0 Å². The van der Waals surface area contributed by atoms with Crippen LogP contribution in [0.25, 0.3) is 0 Å². The number of hydrogen-bond acceptors (Lipinski definition) is 3. The van der Waals surface area contributed by atoms with E-state index in [9.17, 15) is 0 Å². The van der Waals surface area contributed by atoms with Gasteiger partial charge >= 0.3 is 0 Å². The van der Waals surface area contributed by atoms with Crippen LogP contribution < -0.4 is 0 Å². The van der Waals surface area contributed by atoms with Crippen molar-refractivity contribution in [2.75, 3.05) is 5.75 Å². The third-order valence-electron chi connectivity index (χ3n) is 0.761. The van der Waals surface area contributed by atoms with Gasteiger partial charge in [0, 0.05) is 12.2 Å². The van der Waals surface area contributed by atoms with Crippen molar-refractivity contribution in [2.45, 2.75) is 10.7 Å². The van der Waals surface area contributed by atoms with E-state index in [2.05, 4.69) is 12.6 Å². The Morgan fingerprint density at radius 1 is 1.83 bits per heavy atom. The van der Waals surface area contributed by atoms with Gasteiger partial charge in [0.15, 0.2) is 4.27 Å². The van der Waals surface area contributed by atoms with E-state index in [0.29, 0.717) is 0 Å². The number of thiol groups is 1. The Balaban J connectivity index is 2.31. The first-order chi connectivity index (χ1) is 2.71. The molecular weight excluding hydrogens is 116 g/mol. The molecule has 6 heavy (non-hydrogen) atoms. The first-order valence-electron chi connectivity index (χ1n) is 1.79. The van der Waals surface area contributed by atoms with Crippen LogP contribution in [0.15, 0.2) is 0 Å². The van der Waals surface area contributed by atoms with Crippen LogP contribution in [0.3, 0.4) is 0 Å². The second-order valence-corrected chi connectivity index (χ2v) is 3.76. The largest absolute Gasteiger partial charge is 0.370 e. The van der Waals surface area contributed by atoms with E-state index < -0.39 is 4.27 Å². The number of hydrogen-bond donors (Lipinski definition) is 2. The minimum Gasteiger partial charge on any atom is -0.370 e. The molecule has 0 amide bonds. The van der Waals surface area contributed by atoms with Gasteiger partial charge in [0.2, 0.25) is 0 Å². The number of thioether (sulfide) groups is 1. The van der Waals surface area contributed by atoms with Crippen molar-refractivity contribution in [1.82, 2.24) is 0 Å². The molecule has 1 unspecified atom stereocenters. The fourth-order valence-corrected chi connectivity index (χ4v) is 1.40. The van der Waals surface area contributed by atoms with E-state index >= 15 is 0 Å². The van der Waals surface area contributed by atoms with Crippen molar-refractivity contribution >= 4 is 24.4 Å². The molecule has 0 aromatic carbocycles. The zero-order chi connectivity index (χ0) is 4.62. The van der Waals surface area contributed by atoms with Crippen LogP contribution in [-0.2, 0) is 0 Å². The lowest BCUT2D eigenvalue weighted by Gasteiger charge is -2.29. The van der Waals surface area contributed by atoms with Crippen molar-refractivity contribution < 1.29 is 5.11 Å². The summed E-state index contributed by atoms with van der Waals surface area (Å²) in [7, 11) is 0. The highest BCUT2D eigenvalue weighted by Gasteiger charge is 2.30. The molecule has 1 nitrogen and oxygen atoms in total. The summed E-state index contributed by atoms with van der Waals surface area (Å²) >= 11 is 5.34. The molecule has 1 atom stereocenters. The molecule has 1 rings (SSSR count). The monoisotopic (exact) mass is 122 g/mol. The van der Waals surface area contributed by atoms with Crippen LogP contribution in [0.2, 0.25) is 0 Å². The zero-order valence-corrected chi connectivity index (χ0v) is 4.93. The van der Waals surface area contributed by atoms with Crippen molar-refractivity contribution in [3.8, 4) is 0 Å². The highest BCUT2D eigenvalue weighted by atomic mass is 32.2. The topological polar surface area (TPSA) is 20.2 Å². The molecule has 3 heteroatoms. The molecule has 0 saturated carbocycles. The maximum absolute atomic E-state index is 8.74. The molecule has 0 aromatic rings. The van der Waals surface area contributed by atoms with E-state index in [1.165, 1.54) is 11.8 Å². The van der Waals surface area contributed by atoms with Gasteiger partial charge in [0.1, 0.15) is 0 Å². The van der Waals surface area contributed by atoms with Gasteiger partial charge in [-0.3, -0.25) is 0 Å². The molecule has 0 aliphatic carbocycles. The Morgan fingerprint density at radius 3 is 2.17 bits per heavy atom. The normalized spacial score (nSPS) is 45.0. The van der Waals surface area contributed by atoms with Crippen molar-refractivity contribution in [1.29, 1.82) is 0 Å². The molecule has 0 spiro atoms. The van der Waals surface area contributed by atoms with Gasteiger partial charge < -0.3 is 5.11 Å². The average Bonchev–Trinajstić information content (AvgIpc) is 1.32. The SMILES string of the molecule is OC1(S)CCS1. The van der Waals surface area contributed by atoms with Crippen LogP contribution >= 0.6 is 24.4 Å². The third-order valence-corrected chi connectivity index (χ3v) is 2.45. The van der Waals surface area contributed by atoms with Crippen LogP contribution in [0.4, 0.5) is 0 Å². The summed E-state index contributed by atoms with van der Waals surface area (Å²) in [6.07, 6.45) is 0.834. The maximum atomic E-state index is 8.74. The average molecular weight is 122 g/mol. The van der Waals surface area contributed by atoms with Crippen molar-refractivity contribution in [3.63, 3.8) is 0 Å².